The van der Waals surface area contributed by atoms with Gasteiger partial charge in [0.05, 0.1) is 17.2 Å². The number of hydrogen-bond donors (Lipinski definition) is 1. The van der Waals surface area contributed by atoms with E-state index >= 15 is 0 Å². The number of esters is 1. The van der Waals surface area contributed by atoms with Crippen LogP contribution in [0.2, 0.25) is 0 Å². The molecule has 144 valence electrons. The molecule has 1 aromatic heterocycles. The van der Waals surface area contributed by atoms with Crippen LogP contribution in [0.5, 0.6) is 0 Å². The normalized spacial score (nSPS) is 19.4. The molecule has 0 unspecified atom stereocenters. The summed E-state index contributed by atoms with van der Waals surface area (Å²) >= 11 is 1.21. The molecule has 1 amide bonds. The Kier molecular flexibility index (Phi) is 5.61. The van der Waals surface area contributed by atoms with Crippen LogP contribution in [-0.2, 0) is 19.4 Å². The summed E-state index contributed by atoms with van der Waals surface area (Å²) in [4.78, 5) is 29.4. The average molecular weight is 409 g/mol. The van der Waals surface area contributed by atoms with Gasteiger partial charge in [-0.25, -0.2) is 18.2 Å². The number of carbonyl (C=O) groups is 2. The Morgan fingerprint density at radius 3 is 2.63 bits per heavy atom. The number of rotatable bonds is 5. The quantitative estimate of drug-likeness (QED) is 0.759. The molecule has 1 N–H and O–H groups in total. The summed E-state index contributed by atoms with van der Waals surface area (Å²) in [5.74, 6) is -1.13. The van der Waals surface area contributed by atoms with Crippen molar-refractivity contribution in [1.29, 1.82) is 0 Å². The summed E-state index contributed by atoms with van der Waals surface area (Å²) in [7, 11) is -3.09. The molecule has 2 aromatic rings. The van der Waals surface area contributed by atoms with E-state index in [4.69, 9.17) is 4.74 Å². The van der Waals surface area contributed by atoms with Crippen LogP contribution >= 0.6 is 11.3 Å². The number of aryl methyl sites for hydroxylation is 1. The lowest BCUT2D eigenvalue weighted by atomic mass is 10.2. The lowest BCUT2D eigenvalue weighted by Crippen LogP contribution is -2.42. The molecule has 1 aliphatic rings. The summed E-state index contributed by atoms with van der Waals surface area (Å²) in [6.07, 6.45) is -0.647. The largest absolute Gasteiger partial charge is 0.448 e. The molecule has 1 aromatic carbocycles. The molecule has 3 rings (SSSR count). The predicted octanol–water partition coefficient (Wildman–Crippen LogP) is 1.97. The third kappa shape index (κ3) is 4.72. The van der Waals surface area contributed by atoms with Gasteiger partial charge in [0.1, 0.15) is 9.88 Å². The fourth-order valence-corrected chi connectivity index (χ4v) is 5.41. The highest BCUT2D eigenvalue weighted by molar-refractivity contribution is 7.91. The SMILES string of the molecule is Cc1nc(-c2ccccc2)sc1C(=O)O[C@H](C)C(=O)N[C@H]1CCS(=O)(=O)C1. The van der Waals surface area contributed by atoms with Crippen LogP contribution in [0.4, 0.5) is 0 Å². The Morgan fingerprint density at radius 1 is 1.30 bits per heavy atom. The van der Waals surface area contributed by atoms with E-state index < -0.39 is 33.9 Å². The van der Waals surface area contributed by atoms with Gasteiger partial charge in [0.2, 0.25) is 0 Å². The molecular formula is C18H20N2O5S2. The molecule has 9 heteroatoms. The first-order valence-corrected chi connectivity index (χ1v) is 11.1. The summed E-state index contributed by atoms with van der Waals surface area (Å²) in [5.41, 5.74) is 1.44. The maximum Gasteiger partial charge on any atom is 0.351 e. The fraction of sp³-hybridized carbons (Fsp3) is 0.389. The van der Waals surface area contributed by atoms with Crippen LogP contribution in [0.25, 0.3) is 10.6 Å². The maximum absolute atomic E-state index is 12.4. The number of hydrogen-bond acceptors (Lipinski definition) is 7. The van der Waals surface area contributed by atoms with Crippen LogP contribution in [0.15, 0.2) is 30.3 Å². The number of benzene rings is 1. The molecule has 0 bridgehead atoms. The first-order valence-electron chi connectivity index (χ1n) is 8.50. The molecule has 0 aliphatic carbocycles. The monoisotopic (exact) mass is 408 g/mol. The van der Waals surface area contributed by atoms with Gasteiger partial charge in [0, 0.05) is 11.6 Å². The van der Waals surface area contributed by atoms with Gasteiger partial charge in [-0.3, -0.25) is 4.79 Å². The maximum atomic E-state index is 12.4. The van der Waals surface area contributed by atoms with E-state index in [0.29, 0.717) is 22.0 Å². The van der Waals surface area contributed by atoms with Gasteiger partial charge >= 0.3 is 5.97 Å². The van der Waals surface area contributed by atoms with E-state index in [0.717, 1.165) is 5.56 Å². The molecule has 0 radical (unpaired) electrons. The Labute approximate surface area is 161 Å². The van der Waals surface area contributed by atoms with Gasteiger partial charge in [0.25, 0.3) is 5.91 Å². The van der Waals surface area contributed by atoms with Crippen molar-refractivity contribution in [3.63, 3.8) is 0 Å². The van der Waals surface area contributed by atoms with E-state index in [1.807, 2.05) is 30.3 Å². The Bertz CT molecular complexity index is 953. The van der Waals surface area contributed by atoms with Gasteiger partial charge in [-0.05, 0) is 20.3 Å². The van der Waals surface area contributed by atoms with E-state index in [2.05, 4.69) is 10.3 Å². The molecule has 7 nitrogen and oxygen atoms in total. The minimum Gasteiger partial charge on any atom is -0.448 e. The number of ether oxygens (including phenoxy) is 1. The average Bonchev–Trinajstić information content (AvgIpc) is 3.17. The zero-order valence-corrected chi connectivity index (χ0v) is 16.6. The highest BCUT2D eigenvalue weighted by Gasteiger charge is 2.31. The summed E-state index contributed by atoms with van der Waals surface area (Å²) < 4.78 is 28.2. The van der Waals surface area contributed by atoms with E-state index in [9.17, 15) is 18.0 Å². The molecule has 1 fully saturated rings. The lowest BCUT2D eigenvalue weighted by Gasteiger charge is -2.16. The number of amides is 1. The second-order valence-corrected chi connectivity index (χ2v) is 9.68. The van der Waals surface area contributed by atoms with E-state index in [-0.39, 0.29) is 11.5 Å². The molecule has 1 aliphatic heterocycles. The zero-order chi connectivity index (χ0) is 19.6. The van der Waals surface area contributed by atoms with Gasteiger partial charge in [-0.2, -0.15) is 0 Å². The fourth-order valence-electron chi connectivity index (χ4n) is 2.78. The van der Waals surface area contributed by atoms with Crippen molar-refractivity contribution in [2.75, 3.05) is 11.5 Å². The van der Waals surface area contributed by atoms with Crippen LogP contribution in [0.1, 0.15) is 28.7 Å². The molecule has 1 saturated heterocycles. The Hall–Kier alpha value is -2.26. The third-order valence-corrected chi connectivity index (χ3v) is 7.19. The van der Waals surface area contributed by atoms with Crippen LogP contribution in [0, 0.1) is 6.92 Å². The van der Waals surface area contributed by atoms with E-state index in [1.165, 1.54) is 18.3 Å². The second-order valence-electron chi connectivity index (χ2n) is 6.46. The van der Waals surface area contributed by atoms with Crippen LogP contribution < -0.4 is 5.32 Å². The molecule has 27 heavy (non-hydrogen) atoms. The Balaban J connectivity index is 1.63. The number of sulfone groups is 1. The lowest BCUT2D eigenvalue weighted by molar-refractivity contribution is -0.129. The molecule has 0 saturated carbocycles. The van der Waals surface area contributed by atoms with Crippen LogP contribution in [0.3, 0.4) is 0 Å². The van der Waals surface area contributed by atoms with Crippen LogP contribution in [-0.4, -0.2) is 48.9 Å². The van der Waals surface area contributed by atoms with Crippen molar-refractivity contribution >= 4 is 33.1 Å². The van der Waals surface area contributed by atoms with Crippen molar-refractivity contribution < 1.29 is 22.7 Å². The minimum atomic E-state index is -3.09. The number of carbonyl (C=O) groups excluding carboxylic acids is 2. The predicted molar refractivity (Wildman–Crippen MR) is 102 cm³/mol. The van der Waals surface area contributed by atoms with Crippen molar-refractivity contribution in [3.05, 3.63) is 40.9 Å². The standard InChI is InChI=1S/C18H20N2O5S2/c1-11-15(26-17(19-11)13-6-4-3-5-7-13)18(22)25-12(2)16(21)20-14-8-9-27(23,24)10-14/h3-7,12,14H,8-10H2,1-2H3,(H,20,21)/t12-,14+/m1/s1. The van der Waals surface area contributed by atoms with Gasteiger partial charge < -0.3 is 10.1 Å². The highest BCUT2D eigenvalue weighted by Crippen LogP contribution is 2.28. The molecular weight excluding hydrogens is 388 g/mol. The van der Waals surface area contributed by atoms with Crippen molar-refractivity contribution in [2.45, 2.75) is 32.4 Å². The Morgan fingerprint density at radius 2 is 2.00 bits per heavy atom. The number of nitrogens with zero attached hydrogens (tertiary/aromatic N) is 1. The molecule has 0 spiro atoms. The second kappa shape index (κ2) is 7.77. The molecule has 2 atom stereocenters. The number of aromatic nitrogens is 1. The zero-order valence-electron chi connectivity index (χ0n) is 15.0. The van der Waals surface area contributed by atoms with Gasteiger partial charge in [0.15, 0.2) is 15.9 Å². The first-order chi connectivity index (χ1) is 12.7. The first kappa shape index (κ1) is 19.5. The summed E-state index contributed by atoms with van der Waals surface area (Å²) in [5, 5.41) is 3.33. The highest BCUT2D eigenvalue weighted by atomic mass is 32.2. The molecule has 2 heterocycles. The smallest absolute Gasteiger partial charge is 0.351 e. The topological polar surface area (TPSA) is 102 Å². The van der Waals surface area contributed by atoms with Crippen molar-refractivity contribution in [1.82, 2.24) is 10.3 Å². The number of thiazole rings is 1. The number of nitrogens with one attached hydrogen (secondary N) is 1. The van der Waals surface area contributed by atoms with Crippen molar-refractivity contribution in [3.8, 4) is 10.6 Å². The minimum absolute atomic E-state index is 0.0639. The van der Waals surface area contributed by atoms with Crippen molar-refractivity contribution in [2.24, 2.45) is 0 Å². The third-order valence-electron chi connectivity index (χ3n) is 4.23. The van der Waals surface area contributed by atoms with Gasteiger partial charge in [-0.1, -0.05) is 30.3 Å². The summed E-state index contributed by atoms with van der Waals surface area (Å²) in [6, 6.07) is 9.05. The summed E-state index contributed by atoms with van der Waals surface area (Å²) in [6.45, 7) is 3.18. The van der Waals surface area contributed by atoms with E-state index in [1.54, 1.807) is 6.92 Å². The van der Waals surface area contributed by atoms with Gasteiger partial charge in [-0.15, -0.1) is 11.3 Å².